The monoisotopic (exact) mass is 348 g/mol. The standard InChI is InChI=1S/C17H19ClN3O3/c1-17(2,3)23-16(22)21-8-6-11(7-9-21)12-4-5-13-14(10-12)24-20-15(18)19-13/h4-6,10H,7-9H2,1-3H3/q+1. The first-order valence-corrected chi connectivity index (χ1v) is 8.13. The summed E-state index contributed by atoms with van der Waals surface area (Å²) in [5, 5.41) is 3.74. The van der Waals surface area contributed by atoms with Crippen LogP contribution in [0, 0.1) is 0 Å². The summed E-state index contributed by atoms with van der Waals surface area (Å²) in [5.74, 6) is 0. The second-order valence-electron chi connectivity index (χ2n) is 6.65. The Morgan fingerprint density at radius 3 is 2.83 bits per heavy atom. The minimum absolute atomic E-state index is 0.0835. The normalized spacial score (nSPS) is 15.3. The highest BCUT2D eigenvalue weighted by Gasteiger charge is 2.24. The smallest absolute Gasteiger partial charge is 0.425 e. The summed E-state index contributed by atoms with van der Waals surface area (Å²) < 4.78 is 10.6. The van der Waals surface area contributed by atoms with E-state index in [2.05, 4.69) is 10.1 Å². The van der Waals surface area contributed by atoms with Crippen molar-refractivity contribution in [3.8, 4) is 0 Å². The SMILES string of the molecule is CC(C)(C)OC(=O)N1CC=C(c2ccc3nc(Cl)n[o+]c3c2)CC1. The number of hydrogen-bond acceptors (Lipinski definition) is 4. The summed E-state index contributed by atoms with van der Waals surface area (Å²) in [4.78, 5) is 17.9. The van der Waals surface area contributed by atoms with Crippen molar-refractivity contribution >= 4 is 34.4 Å². The van der Waals surface area contributed by atoms with E-state index < -0.39 is 5.60 Å². The number of fused-ring (bicyclic) bond motifs is 1. The highest BCUT2D eigenvalue weighted by atomic mass is 35.5. The Morgan fingerprint density at radius 2 is 2.17 bits per heavy atom. The van der Waals surface area contributed by atoms with Crippen molar-refractivity contribution in [2.24, 2.45) is 0 Å². The molecule has 0 aliphatic carbocycles. The van der Waals surface area contributed by atoms with E-state index >= 15 is 0 Å². The lowest BCUT2D eigenvalue weighted by molar-refractivity contribution is 0.0270. The Bertz CT molecular complexity index is 814. The number of rotatable bonds is 1. The second-order valence-corrected chi connectivity index (χ2v) is 6.99. The van der Waals surface area contributed by atoms with Crippen molar-refractivity contribution < 1.29 is 14.1 Å². The van der Waals surface area contributed by atoms with Gasteiger partial charge in [0.1, 0.15) is 5.60 Å². The minimum atomic E-state index is -0.484. The van der Waals surface area contributed by atoms with Gasteiger partial charge in [0.2, 0.25) is 0 Å². The number of hydrogen-bond donors (Lipinski definition) is 0. The zero-order chi connectivity index (χ0) is 17.3. The van der Waals surface area contributed by atoms with Crippen LogP contribution < -0.4 is 0 Å². The van der Waals surface area contributed by atoms with E-state index in [1.807, 2.05) is 45.0 Å². The molecule has 0 saturated carbocycles. The van der Waals surface area contributed by atoms with E-state index in [1.54, 1.807) is 4.90 Å². The molecule has 0 saturated heterocycles. The molecule has 0 fully saturated rings. The Hall–Kier alpha value is -2.21. The predicted molar refractivity (Wildman–Crippen MR) is 91.6 cm³/mol. The molecule has 1 aliphatic rings. The highest BCUT2D eigenvalue weighted by Crippen LogP contribution is 2.26. The van der Waals surface area contributed by atoms with Crippen molar-refractivity contribution in [3.63, 3.8) is 0 Å². The lowest BCUT2D eigenvalue weighted by atomic mass is 9.99. The highest BCUT2D eigenvalue weighted by molar-refractivity contribution is 6.28. The van der Waals surface area contributed by atoms with Crippen molar-refractivity contribution in [1.29, 1.82) is 0 Å². The number of halogens is 1. The van der Waals surface area contributed by atoms with Gasteiger partial charge in [-0.1, -0.05) is 16.7 Å². The van der Waals surface area contributed by atoms with Crippen LogP contribution in [0.15, 0.2) is 28.8 Å². The van der Waals surface area contributed by atoms with E-state index in [9.17, 15) is 4.79 Å². The van der Waals surface area contributed by atoms with Gasteiger partial charge in [0.05, 0.1) is 6.07 Å². The topological polar surface area (TPSA) is 66.6 Å². The quantitative estimate of drug-likeness (QED) is 0.723. The lowest BCUT2D eigenvalue weighted by Crippen LogP contribution is -2.39. The molecule has 0 spiro atoms. The summed E-state index contributed by atoms with van der Waals surface area (Å²) in [6, 6.07) is 5.71. The summed E-state index contributed by atoms with van der Waals surface area (Å²) in [5.41, 5.74) is 2.93. The molecule has 1 amide bonds. The van der Waals surface area contributed by atoms with Crippen molar-refractivity contribution in [3.05, 3.63) is 35.1 Å². The number of amides is 1. The zero-order valence-electron chi connectivity index (χ0n) is 13.9. The first-order chi connectivity index (χ1) is 11.3. The van der Waals surface area contributed by atoms with Crippen LogP contribution in [-0.4, -0.2) is 39.8 Å². The van der Waals surface area contributed by atoms with E-state index in [-0.39, 0.29) is 11.4 Å². The molecule has 0 bridgehead atoms. The van der Waals surface area contributed by atoms with E-state index in [0.29, 0.717) is 24.2 Å². The Kier molecular flexibility index (Phi) is 4.41. The lowest BCUT2D eigenvalue weighted by Gasteiger charge is -2.29. The Balaban J connectivity index is 1.75. The van der Waals surface area contributed by atoms with Crippen LogP contribution in [-0.2, 0) is 4.74 Å². The molecule has 126 valence electrons. The fourth-order valence-electron chi connectivity index (χ4n) is 2.51. The Morgan fingerprint density at radius 1 is 1.38 bits per heavy atom. The van der Waals surface area contributed by atoms with Crippen molar-refractivity contribution in [2.45, 2.75) is 32.8 Å². The largest absolute Gasteiger partial charge is 0.444 e. The van der Waals surface area contributed by atoms with Gasteiger partial charge in [-0.15, -0.1) is 0 Å². The number of benzene rings is 1. The third-order valence-electron chi connectivity index (χ3n) is 3.62. The van der Waals surface area contributed by atoms with Gasteiger partial charge >= 0.3 is 17.0 Å². The van der Waals surface area contributed by atoms with Crippen LogP contribution in [0.2, 0.25) is 5.28 Å². The molecule has 0 atom stereocenters. The summed E-state index contributed by atoms with van der Waals surface area (Å²) >= 11 is 5.72. The summed E-state index contributed by atoms with van der Waals surface area (Å²) in [6.07, 6.45) is 2.50. The molecular weight excluding hydrogens is 330 g/mol. The zero-order valence-corrected chi connectivity index (χ0v) is 14.6. The molecule has 0 unspecified atom stereocenters. The maximum atomic E-state index is 12.1. The third kappa shape index (κ3) is 3.82. The average Bonchev–Trinajstić information content (AvgIpc) is 2.53. The number of aromatic nitrogens is 2. The van der Waals surface area contributed by atoms with Gasteiger partial charge < -0.3 is 9.64 Å². The molecule has 2 heterocycles. The Labute approximate surface area is 145 Å². The second kappa shape index (κ2) is 6.36. The molecule has 1 aromatic heterocycles. The minimum Gasteiger partial charge on any atom is -0.444 e. The van der Waals surface area contributed by atoms with E-state index in [4.69, 9.17) is 20.9 Å². The first kappa shape index (κ1) is 16.6. The molecule has 1 aromatic carbocycles. The molecule has 2 aromatic rings. The van der Waals surface area contributed by atoms with Gasteiger partial charge in [0, 0.05) is 13.1 Å². The van der Waals surface area contributed by atoms with Gasteiger partial charge in [-0.25, -0.2) is 9.78 Å². The van der Waals surface area contributed by atoms with Gasteiger partial charge in [-0.2, -0.15) is 0 Å². The third-order valence-corrected chi connectivity index (χ3v) is 3.78. The van der Waals surface area contributed by atoms with Crippen LogP contribution >= 0.6 is 11.6 Å². The molecule has 1 aliphatic heterocycles. The van der Waals surface area contributed by atoms with Gasteiger partial charge in [0.15, 0.2) is 10.7 Å². The maximum absolute atomic E-state index is 12.1. The summed E-state index contributed by atoms with van der Waals surface area (Å²) in [7, 11) is 0. The number of carbonyl (C=O) groups is 1. The molecule has 0 N–H and O–H groups in total. The van der Waals surface area contributed by atoms with Crippen LogP contribution in [0.25, 0.3) is 16.7 Å². The number of nitrogens with zero attached hydrogens (tertiary/aromatic N) is 3. The van der Waals surface area contributed by atoms with Crippen LogP contribution in [0.4, 0.5) is 4.79 Å². The van der Waals surface area contributed by atoms with Gasteiger partial charge in [-0.05, 0) is 56.0 Å². The number of ether oxygens (including phenoxy) is 1. The van der Waals surface area contributed by atoms with Crippen LogP contribution in [0.3, 0.4) is 0 Å². The molecule has 24 heavy (non-hydrogen) atoms. The predicted octanol–water partition coefficient (Wildman–Crippen LogP) is 4.18. The van der Waals surface area contributed by atoms with Crippen LogP contribution in [0.1, 0.15) is 32.8 Å². The van der Waals surface area contributed by atoms with Crippen molar-refractivity contribution in [2.75, 3.05) is 13.1 Å². The van der Waals surface area contributed by atoms with Gasteiger partial charge in [-0.3, -0.25) is 0 Å². The van der Waals surface area contributed by atoms with Crippen LogP contribution in [0.5, 0.6) is 0 Å². The fourth-order valence-corrected chi connectivity index (χ4v) is 2.64. The molecule has 6 nitrogen and oxygen atoms in total. The number of carbonyl (C=O) groups excluding carboxylic acids is 1. The maximum Gasteiger partial charge on any atom is 0.425 e. The average molecular weight is 349 g/mol. The summed E-state index contributed by atoms with van der Waals surface area (Å²) in [6.45, 7) is 6.73. The van der Waals surface area contributed by atoms with E-state index in [1.165, 1.54) is 0 Å². The van der Waals surface area contributed by atoms with E-state index in [0.717, 1.165) is 17.6 Å². The van der Waals surface area contributed by atoms with Crippen molar-refractivity contribution in [1.82, 2.24) is 15.0 Å². The molecule has 7 heteroatoms. The molecule has 0 radical (unpaired) electrons. The first-order valence-electron chi connectivity index (χ1n) is 7.75. The molecule has 3 rings (SSSR count). The van der Waals surface area contributed by atoms with Gasteiger partial charge in [0.25, 0.3) is 0 Å². The molecular formula is C17H19ClN3O3+. The fraction of sp³-hybridized carbons (Fsp3) is 0.412.